The number of rotatable bonds is 4. The Hall–Kier alpha value is -1.88. The van der Waals surface area contributed by atoms with Gasteiger partial charge in [-0.1, -0.05) is 34.1 Å². The summed E-state index contributed by atoms with van der Waals surface area (Å²) in [7, 11) is 1.50. The number of halogens is 2. The molecule has 0 aliphatic rings. The molecule has 0 saturated heterocycles. The summed E-state index contributed by atoms with van der Waals surface area (Å²) < 4.78 is 19.7. The molecule has 0 radical (unpaired) electrons. The van der Waals surface area contributed by atoms with Crippen molar-refractivity contribution in [2.45, 2.75) is 13.0 Å². The van der Waals surface area contributed by atoms with Gasteiger partial charge in [0.25, 0.3) is 5.91 Å². The molecular weight excluding hydrogens is 337 g/mol. The number of benzene rings is 2. The van der Waals surface area contributed by atoms with Crippen LogP contribution in [0.1, 0.15) is 28.9 Å². The number of hydrogen-bond donors (Lipinski definition) is 1. The van der Waals surface area contributed by atoms with Crippen LogP contribution in [0.3, 0.4) is 0 Å². The molecule has 0 bridgehead atoms. The monoisotopic (exact) mass is 351 g/mol. The minimum absolute atomic E-state index is 0.310. The lowest BCUT2D eigenvalue weighted by atomic mass is 10.1. The van der Waals surface area contributed by atoms with E-state index in [0.29, 0.717) is 16.9 Å². The lowest BCUT2D eigenvalue weighted by Crippen LogP contribution is -2.27. The fourth-order valence-electron chi connectivity index (χ4n) is 2.03. The molecule has 5 heteroatoms. The number of carbonyl (C=O) groups is 1. The van der Waals surface area contributed by atoms with Crippen LogP contribution in [0.4, 0.5) is 4.39 Å². The first-order valence-electron chi connectivity index (χ1n) is 6.41. The largest absolute Gasteiger partial charge is 0.496 e. The predicted molar refractivity (Wildman–Crippen MR) is 83.0 cm³/mol. The van der Waals surface area contributed by atoms with E-state index >= 15 is 0 Å². The Morgan fingerprint density at radius 1 is 1.29 bits per heavy atom. The van der Waals surface area contributed by atoms with Crippen molar-refractivity contribution in [1.29, 1.82) is 0 Å². The van der Waals surface area contributed by atoms with E-state index in [0.717, 1.165) is 4.47 Å². The molecule has 0 aliphatic heterocycles. The van der Waals surface area contributed by atoms with Crippen LogP contribution in [-0.4, -0.2) is 13.0 Å². The number of ether oxygens (including phenoxy) is 1. The number of carbonyl (C=O) groups excluding carboxylic acids is 1. The second-order valence-electron chi connectivity index (χ2n) is 4.56. The summed E-state index contributed by atoms with van der Waals surface area (Å²) in [6.45, 7) is 1.74. The van der Waals surface area contributed by atoms with Crippen molar-refractivity contribution >= 4 is 21.8 Å². The Bertz CT molecular complexity index is 660. The van der Waals surface area contributed by atoms with E-state index in [-0.39, 0.29) is 11.7 Å². The molecule has 2 rings (SSSR count). The van der Waals surface area contributed by atoms with Gasteiger partial charge in [0.2, 0.25) is 0 Å². The van der Waals surface area contributed by atoms with Gasteiger partial charge in [-0.2, -0.15) is 0 Å². The van der Waals surface area contributed by atoms with Gasteiger partial charge in [0, 0.05) is 10.0 Å². The highest BCUT2D eigenvalue weighted by Gasteiger charge is 2.17. The molecule has 1 N–H and O–H groups in total. The second kappa shape index (κ2) is 6.72. The molecule has 21 heavy (non-hydrogen) atoms. The van der Waals surface area contributed by atoms with Crippen LogP contribution >= 0.6 is 15.9 Å². The van der Waals surface area contributed by atoms with Crippen LogP contribution in [0.25, 0.3) is 0 Å². The highest BCUT2D eigenvalue weighted by Crippen LogP contribution is 2.24. The van der Waals surface area contributed by atoms with E-state index < -0.39 is 6.04 Å². The van der Waals surface area contributed by atoms with Gasteiger partial charge in [-0.05, 0) is 31.2 Å². The fourth-order valence-corrected chi connectivity index (χ4v) is 2.37. The topological polar surface area (TPSA) is 38.3 Å². The molecule has 0 aromatic heterocycles. The van der Waals surface area contributed by atoms with Gasteiger partial charge in [-0.25, -0.2) is 4.39 Å². The Kier molecular flexibility index (Phi) is 4.96. The molecule has 0 saturated carbocycles. The maximum absolute atomic E-state index is 13.7. The van der Waals surface area contributed by atoms with E-state index in [1.807, 2.05) is 0 Å². The fraction of sp³-hybridized carbons (Fsp3) is 0.188. The molecular formula is C16H15BrFNO2. The van der Waals surface area contributed by atoms with Crippen LogP contribution in [0.15, 0.2) is 46.9 Å². The molecule has 2 aromatic rings. The van der Waals surface area contributed by atoms with Crippen LogP contribution in [0.5, 0.6) is 5.75 Å². The molecule has 0 aliphatic carbocycles. The second-order valence-corrected chi connectivity index (χ2v) is 5.48. The molecule has 2 aromatic carbocycles. The Labute approximate surface area is 131 Å². The van der Waals surface area contributed by atoms with Gasteiger partial charge in [0.05, 0.1) is 18.7 Å². The first kappa shape index (κ1) is 15.5. The summed E-state index contributed by atoms with van der Waals surface area (Å²) in [5.41, 5.74) is 0.853. The molecule has 1 amide bonds. The zero-order chi connectivity index (χ0) is 15.4. The molecule has 3 nitrogen and oxygen atoms in total. The zero-order valence-electron chi connectivity index (χ0n) is 11.7. The molecule has 1 unspecified atom stereocenters. The van der Waals surface area contributed by atoms with Gasteiger partial charge >= 0.3 is 0 Å². The van der Waals surface area contributed by atoms with E-state index in [9.17, 15) is 9.18 Å². The SMILES string of the molecule is COc1cc(Br)ccc1C(=O)NC(C)c1ccccc1F. The Morgan fingerprint density at radius 2 is 2.00 bits per heavy atom. The van der Waals surface area contributed by atoms with Crippen molar-refractivity contribution < 1.29 is 13.9 Å². The minimum atomic E-state index is -0.438. The molecule has 0 fully saturated rings. The van der Waals surface area contributed by atoms with Crippen LogP contribution < -0.4 is 10.1 Å². The van der Waals surface area contributed by atoms with Crippen molar-refractivity contribution in [3.8, 4) is 5.75 Å². The first-order chi connectivity index (χ1) is 10.0. The lowest BCUT2D eigenvalue weighted by Gasteiger charge is -2.16. The van der Waals surface area contributed by atoms with Crippen molar-refractivity contribution in [3.05, 3.63) is 63.9 Å². The summed E-state index contributed by atoms with van der Waals surface area (Å²) in [6.07, 6.45) is 0. The third-order valence-corrected chi connectivity index (χ3v) is 3.62. The molecule has 0 heterocycles. The van der Waals surface area contributed by atoms with E-state index in [2.05, 4.69) is 21.2 Å². The smallest absolute Gasteiger partial charge is 0.255 e. The van der Waals surface area contributed by atoms with Crippen molar-refractivity contribution in [2.75, 3.05) is 7.11 Å². The van der Waals surface area contributed by atoms with Crippen molar-refractivity contribution in [3.63, 3.8) is 0 Å². The normalized spacial score (nSPS) is 11.8. The Morgan fingerprint density at radius 3 is 2.67 bits per heavy atom. The summed E-state index contributed by atoms with van der Waals surface area (Å²) in [6, 6.07) is 11.1. The molecule has 110 valence electrons. The van der Waals surface area contributed by atoms with Gasteiger partial charge < -0.3 is 10.1 Å². The van der Waals surface area contributed by atoms with Gasteiger partial charge in [0.15, 0.2) is 0 Å². The average Bonchev–Trinajstić information content (AvgIpc) is 2.47. The Balaban J connectivity index is 2.20. The third kappa shape index (κ3) is 3.61. The third-order valence-electron chi connectivity index (χ3n) is 3.13. The summed E-state index contributed by atoms with van der Waals surface area (Å²) >= 11 is 3.32. The molecule has 1 atom stereocenters. The summed E-state index contributed by atoms with van der Waals surface area (Å²) in [5.74, 6) is -0.189. The van der Waals surface area contributed by atoms with Gasteiger partial charge in [0.1, 0.15) is 11.6 Å². The maximum atomic E-state index is 13.7. The average molecular weight is 352 g/mol. The standard InChI is InChI=1S/C16H15BrFNO2/c1-10(12-5-3-4-6-14(12)18)19-16(20)13-8-7-11(17)9-15(13)21-2/h3-10H,1-2H3,(H,19,20). The maximum Gasteiger partial charge on any atom is 0.255 e. The first-order valence-corrected chi connectivity index (χ1v) is 7.21. The summed E-state index contributed by atoms with van der Waals surface area (Å²) in [4.78, 5) is 12.3. The van der Waals surface area contributed by atoms with Crippen LogP contribution in [-0.2, 0) is 0 Å². The predicted octanol–water partition coefficient (Wildman–Crippen LogP) is 4.09. The number of methoxy groups -OCH3 is 1. The van der Waals surface area contributed by atoms with E-state index in [4.69, 9.17) is 4.74 Å². The van der Waals surface area contributed by atoms with E-state index in [1.165, 1.54) is 13.2 Å². The number of hydrogen-bond acceptors (Lipinski definition) is 2. The molecule has 0 spiro atoms. The van der Waals surface area contributed by atoms with Crippen LogP contribution in [0.2, 0.25) is 0 Å². The minimum Gasteiger partial charge on any atom is -0.496 e. The number of amides is 1. The van der Waals surface area contributed by atoms with Crippen molar-refractivity contribution in [1.82, 2.24) is 5.32 Å². The van der Waals surface area contributed by atoms with Gasteiger partial charge in [-0.15, -0.1) is 0 Å². The quantitative estimate of drug-likeness (QED) is 0.900. The summed E-state index contributed by atoms with van der Waals surface area (Å²) in [5, 5.41) is 2.77. The van der Waals surface area contributed by atoms with Gasteiger partial charge in [-0.3, -0.25) is 4.79 Å². The lowest BCUT2D eigenvalue weighted by molar-refractivity contribution is 0.0936. The highest BCUT2D eigenvalue weighted by atomic mass is 79.9. The zero-order valence-corrected chi connectivity index (χ0v) is 13.3. The van der Waals surface area contributed by atoms with Crippen molar-refractivity contribution in [2.24, 2.45) is 0 Å². The number of nitrogens with one attached hydrogen (secondary N) is 1. The van der Waals surface area contributed by atoms with Crippen LogP contribution in [0, 0.1) is 5.82 Å². The van der Waals surface area contributed by atoms with E-state index in [1.54, 1.807) is 43.3 Å². The highest BCUT2D eigenvalue weighted by molar-refractivity contribution is 9.10.